The first-order valence-electron chi connectivity index (χ1n) is 8.27. The van der Waals surface area contributed by atoms with E-state index in [9.17, 15) is 15.4 Å². The predicted molar refractivity (Wildman–Crippen MR) is 109 cm³/mol. The van der Waals surface area contributed by atoms with Crippen molar-refractivity contribution in [3.05, 3.63) is 63.2 Å². The summed E-state index contributed by atoms with van der Waals surface area (Å²) in [4.78, 5) is 15.0. The fraction of sp³-hybridized carbons (Fsp3) is 0.100. The maximum absolute atomic E-state index is 11.2. The average Bonchev–Trinajstić information content (AvgIpc) is 2.72. The summed E-state index contributed by atoms with van der Waals surface area (Å²) in [7, 11) is 3.04. The van der Waals surface area contributed by atoms with Gasteiger partial charge in [-0.1, -0.05) is 17.7 Å². The van der Waals surface area contributed by atoms with Gasteiger partial charge in [0.05, 0.1) is 24.8 Å². The highest BCUT2D eigenvalue weighted by atomic mass is 35.5. The van der Waals surface area contributed by atoms with Crippen LogP contribution in [0.25, 0.3) is 22.4 Å². The fourth-order valence-corrected chi connectivity index (χ4v) is 3.06. The SMILES string of the molecule is COc1ccc(-c2cc(-c3ccc(Cl)c([N+](=O)[O-])c3)c(C#N)c(N)n2)cc1OC. The highest BCUT2D eigenvalue weighted by Gasteiger charge is 2.19. The Bertz CT molecular complexity index is 1160. The van der Waals surface area contributed by atoms with E-state index in [1.807, 2.05) is 6.07 Å². The van der Waals surface area contributed by atoms with Crippen molar-refractivity contribution in [1.29, 1.82) is 5.26 Å². The lowest BCUT2D eigenvalue weighted by atomic mass is 9.98. The van der Waals surface area contributed by atoms with Crippen LogP contribution in [0.4, 0.5) is 11.5 Å². The molecule has 0 fully saturated rings. The number of rotatable bonds is 5. The third kappa shape index (κ3) is 3.77. The second kappa shape index (κ2) is 8.04. The minimum atomic E-state index is -0.586. The highest BCUT2D eigenvalue weighted by molar-refractivity contribution is 6.32. The number of nitro benzene ring substituents is 1. The molecule has 1 aromatic heterocycles. The summed E-state index contributed by atoms with van der Waals surface area (Å²) < 4.78 is 10.6. The molecule has 0 bridgehead atoms. The number of anilines is 1. The van der Waals surface area contributed by atoms with Crippen molar-refractivity contribution in [3.63, 3.8) is 0 Å². The molecule has 9 heteroatoms. The van der Waals surface area contributed by atoms with Crippen LogP contribution < -0.4 is 15.2 Å². The third-order valence-electron chi connectivity index (χ3n) is 4.29. The van der Waals surface area contributed by atoms with E-state index in [1.165, 1.54) is 26.4 Å². The van der Waals surface area contributed by atoms with E-state index in [2.05, 4.69) is 4.98 Å². The van der Waals surface area contributed by atoms with E-state index in [0.29, 0.717) is 33.9 Å². The minimum Gasteiger partial charge on any atom is -0.493 e. The van der Waals surface area contributed by atoms with Gasteiger partial charge in [0.25, 0.3) is 5.69 Å². The molecule has 1 heterocycles. The second-order valence-electron chi connectivity index (χ2n) is 5.92. The van der Waals surface area contributed by atoms with E-state index in [1.54, 1.807) is 30.3 Å². The van der Waals surface area contributed by atoms with Crippen molar-refractivity contribution in [3.8, 4) is 40.0 Å². The minimum absolute atomic E-state index is 0.000556. The molecule has 2 aromatic carbocycles. The molecular formula is C20H15ClN4O4. The molecule has 0 amide bonds. The van der Waals surface area contributed by atoms with Crippen LogP contribution in [0.15, 0.2) is 42.5 Å². The number of hydrogen-bond donors (Lipinski definition) is 1. The maximum Gasteiger partial charge on any atom is 0.288 e. The number of aromatic nitrogens is 1. The van der Waals surface area contributed by atoms with Crippen molar-refractivity contribution < 1.29 is 14.4 Å². The van der Waals surface area contributed by atoms with E-state index < -0.39 is 4.92 Å². The number of nitrogens with two attached hydrogens (primary N) is 1. The Hall–Kier alpha value is -3.83. The van der Waals surface area contributed by atoms with Gasteiger partial charge in [0.1, 0.15) is 22.5 Å². The fourth-order valence-electron chi connectivity index (χ4n) is 2.87. The highest BCUT2D eigenvalue weighted by Crippen LogP contribution is 2.37. The van der Waals surface area contributed by atoms with Crippen LogP contribution in [-0.4, -0.2) is 24.1 Å². The van der Waals surface area contributed by atoms with Crippen LogP contribution in [-0.2, 0) is 0 Å². The number of nitrogens with zero attached hydrogens (tertiary/aromatic N) is 3. The van der Waals surface area contributed by atoms with Crippen molar-refractivity contribution in [1.82, 2.24) is 4.98 Å². The Morgan fingerprint density at radius 3 is 2.41 bits per heavy atom. The Balaban J connectivity index is 2.23. The molecule has 3 aromatic rings. The summed E-state index contributed by atoms with van der Waals surface area (Å²) in [5, 5.41) is 20.8. The van der Waals surface area contributed by atoms with Crippen LogP contribution >= 0.6 is 11.6 Å². The van der Waals surface area contributed by atoms with E-state index in [0.717, 1.165) is 0 Å². The summed E-state index contributed by atoms with van der Waals surface area (Å²) in [6.07, 6.45) is 0. The number of nitro groups is 1. The van der Waals surface area contributed by atoms with Gasteiger partial charge in [-0.15, -0.1) is 0 Å². The van der Waals surface area contributed by atoms with Crippen LogP contribution in [0, 0.1) is 21.4 Å². The van der Waals surface area contributed by atoms with Gasteiger partial charge in [0.15, 0.2) is 11.5 Å². The molecule has 0 aliphatic heterocycles. The zero-order valence-corrected chi connectivity index (χ0v) is 16.2. The third-order valence-corrected chi connectivity index (χ3v) is 4.61. The van der Waals surface area contributed by atoms with Crippen LogP contribution in [0.5, 0.6) is 11.5 Å². The quantitative estimate of drug-likeness (QED) is 0.486. The van der Waals surface area contributed by atoms with Crippen LogP contribution in [0.3, 0.4) is 0 Å². The number of halogens is 1. The summed E-state index contributed by atoms with van der Waals surface area (Å²) in [6, 6.07) is 13.2. The molecule has 0 saturated heterocycles. The Kier molecular flexibility index (Phi) is 5.52. The Labute approximate surface area is 171 Å². The van der Waals surface area contributed by atoms with Crippen LogP contribution in [0.1, 0.15) is 5.56 Å². The summed E-state index contributed by atoms with van der Waals surface area (Å²) in [5.74, 6) is 1.05. The number of methoxy groups -OCH3 is 2. The van der Waals surface area contributed by atoms with Crippen molar-refractivity contribution in [2.24, 2.45) is 0 Å². The number of benzene rings is 2. The van der Waals surface area contributed by atoms with Crippen molar-refractivity contribution in [2.45, 2.75) is 0 Å². The standard InChI is InChI=1S/C20H15ClN4O4/c1-28-18-6-4-12(8-19(18)29-2)16-9-13(14(10-22)20(23)24-16)11-3-5-15(21)17(7-11)25(26)27/h3-9H,1-2H3,(H2,23,24). The summed E-state index contributed by atoms with van der Waals surface area (Å²) in [5.41, 5.74) is 7.83. The van der Waals surface area contributed by atoms with Gasteiger partial charge in [-0.2, -0.15) is 5.26 Å². The lowest BCUT2D eigenvalue weighted by Gasteiger charge is -2.12. The second-order valence-corrected chi connectivity index (χ2v) is 6.33. The molecule has 8 nitrogen and oxygen atoms in total. The van der Waals surface area contributed by atoms with E-state index >= 15 is 0 Å². The van der Waals surface area contributed by atoms with Crippen molar-refractivity contribution >= 4 is 23.1 Å². The molecule has 2 N–H and O–H groups in total. The Morgan fingerprint density at radius 2 is 1.79 bits per heavy atom. The summed E-state index contributed by atoms with van der Waals surface area (Å²) in [6.45, 7) is 0. The number of nitriles is 1. The van der Waals surface area contributed by atoms with E-state index in [-0.39, 0.29) is 22.1 Å². The molecule has 0 radical (unpaired) electrons. The average molecular weight is 411 g/mol. The number of ether oxygens (including phenoxy) is 2. The van der Waals surface area contributed by atoms with Gasteiger partial charge in [-0.3, -0.25) is 10.1 Å². The van der Waals surface area contributed by atoms with E-state index in [4.69, 9.17) is 26.8 Å². The molecule has 0 aliphatic carbocycles. The van der Waals surface area contributed by atoms with Gasteiger partial charge in [-0.05, 0) is 35.9 Å². The molecule has 0 unspecified atom stereocenters. The first kappa shape index (κ1) is 19.9. The lowest BCUT2D eigenvalue weighted by Crippen LogP contribution is -2.00. The zero-order valence-electron chi connectivity index (χ0n) is 15.5. The van der Waals surface area contributed by atoms with Crippen molar-refractivity contribution in [2.75, 3.05) is 20.0 Å². The van der Waals surface area contributed by atoms with Gasteiger partial charge in [-0.25, -0.2) is 4.98 Å². The van der Waals surface area contributed by atoms with Gasteiger partial charge >= 0.3 is 0 Å². The van der Waals surface area contributed by atoms with Crippen LogP contribution in [0.2, 0.25) is 5.02 Å². The normalized spacial score (nSPS) is 10.3. The molecule has 0 spiro atoms. The van der Waals surface area contributed by atoms with Gasteiger partial charge in [0.2, 0.25) is 0 Å². The molecule has 3 rings (SSSR count). The summed E-state index contributed by atoms with van der Waals surface area (Å²) >= 11 is 5.90. The maximum atomic E-state index is 11.2. The molecule has 146 valence electrons. The first-order valence-corrected chi connectivity index (χ1v) is 8.64. The number of hydrogen-bond acceptors (Lipinski definition) is 7. The molecule has 0 saturated carbocycles. The molecule has 29 heavy (non-hydrogen) atoms. The van der Waals surface area contributed by atoms with Gasteiger partial charge < -0.3 is 15.2 Å². The Morgan fingerprint density at radius 1 is 1.10 bits per heavy atom. The smallest absolute Gasteiger partial charge is 0.288 e. The van der Waals surface area contributed by atoms with Gasteiger partial charge in [0, 0.05) is 17.2 Å². The first-order chi connectivity index (χ1) is 13.9. The number of pyridine rings is 1. The molecule has 0 aliphatic rings. The predicted octanol–water partition coefficient (Wildman–Crippen LogP) is 4.45. The molecule has 0 atom stereocenters. The lowest BCUT2D eigenvalue weighted by molar-refractivity contribution is -0.384. The number of nitrogen functional groups attached to an aromatic ring is 1. The molecular weight excluding hydrogens is 396 g/mol. The topological polar surface area (TPSA) is 124 Å². The zero-order chi connectivity index (χ0) is 21.1. The monoisotopic (exact) mass is 410 g/mol. The largest absolute Gasteiger partial charge is 0.493 e.